The van der Waals surface area contributed by atoms with E-state index in [-0.39, 0.29) is 18.5 Å². The van der Waals surface area contributed by atoms with Crippen LogP contribution in [0.5, 0.6) is 0 Å². The molecule has 0 spiro atoms. The van der Waals surface area contributed by atoms with Gasteiger partial charge >= 0.3 is 5.97 Å². The Morgan fingerprint density at radius 2 is 0.704 bits per heavy atom. The molecule has 0 aromatic heterocycles. The summed E-state index contributed by atoms with van der Waals surface area (Å²) in [5, 5.41) is 23.1. The topological polar surface area (TPSA) is 95.9 Å². The van der Waals surface area contributed by atoms with Crippen LogP contribution in [0.2, 0.25) is 0 Å². The van der Waals surface area contributed by atoms with Crippen LogP contribution in [0.25, 0.3) is 0 Å². The van der Waals surface area contributed by atoms with Gasteiger partial charge in [-0.1, -0.05) is 301 Å². The second-order valence-electron chi connectivity index (χ2n) is 21.7. The van der Waals surface area contributed by atoms with Crippen molar-refractivity contribution in [2.45, 2.75) is 353 Å². The van der Waals surface area contributed by atoms with Crippen LogP contribution in [0.15, 0.2) is 36.5 Å². The van der Waals surface area contributed by atoms with Crippen molar-refractivity contribution in [3.63, 3.8) is 0 Å². The van der Waals surface area contributed by atoms with E-state index in [1.807, 2.05) is 6.08 Å². The minimum absolute atomic E-state index is 0.0113. The van der Waals surface area contributed by atoms with Crippen molar-refractivity contribution in [3.05, 3.63) is 36.5 Å². The number of aliphatic hydroxyl groups excluding tert-OH is 2. The molecule has 2 atom stereocenters. The molecular weight excluding hydrogens is 875 g/mol. The van der Waals surface area contributed by atoms with Crippen LogP contribution < -0.4 is 5.32 Å². The van der Waals surface area contributed by atoms with Gasteiger partial charge in [-0.25, -0.2) is 0 Å². The number of hydrogen-bond acceptors (Lipinski definition) is 5. The van der Waals surface area contributed by atoms with Gasteiger partial charge in [0.05, 0.1) is 25.4 Å². The van der Waals surface area contributed by atoms with Crippen molar-refractivity contribution in [2.24, 2.45) is 0 Å². The van der Waals surface area contributed by atoms with Crippen LogP contribution in [0.4, 0.5) is 0 Å². The lowest BCUT2D eigenvalue weighted by atomic mass is 10.0. The van der Waals surface area contributed by atoms with Crippen molar-refractivity contribution in [2.75, 3.05) is 13.2 Å². The van der Waals surface area contributed by atoms with E-state index in [4.69, 9.17) is 4.74 Å². The second kappa shape index (κ2) is 60.6. The zero-order chi connectivity index (χ0) is 51.4. The lowest BCUT2D eigenvalue weighted by Crippen LogP contribution is -2.45. The first-order chi connectivity index (χ1) is 35.0. The molecular formula is C65H123NO5. The highest BCUT2D eigenvalue weighted by molar-refractivity contribution is 5.76. The summed E-state index contributed by atoms with van der Waals surface area (Å²) < 4.78 is 5.46. The smallest absolute Gasteiger partial charge is 0.305 e. The summed E-state index contributed by atoms with van der Waals surface area (Å²) in [4.78, 5) is 24.5. The molecule has 3 N–H and O–H groups in total. The van der Waals surface area contributed by atoms with Crippen LogP contribution in [0.3, 0.4) is 0 Å². The molecule has 1 amide bonds. The van der Waals surface area contributed by atoms with Gasteiger partial charge in [-0.3, -0.25) is 9.59 Å². The molecule has 0 bridgehead atoms. The highest BCUT2D eigenvalue weighted by Gasteiger charge is 2.18. The van der Waals surface area contributed by atoms with E-state index >= 15 is 0 Å². The Labute approximate surface area is 443 Å². The van der Waals surface area contributed by atoms with E-state index in [9.17, 15) is 19.8 Å². The van der Waals surface area contributed by atoms with Gasteiger partial charge in [0.1, 0.15) is 0 Å². The molecule has 0 saturated carbocycles. The lowest BCUT2D eigenvalue weighted by Gasteiger charge is -2.20. The number of esters is 1. The van der Waals surface area contributed by atoms with E-state index in [0.717, 1.165) is 44.9 Å². The van der Waals surface area contributed by atoms with Crippen LogP contribution in [0, 0.1) is 0 Å². The maximum absolute atomic E-state index is 12.5. The number of aliphatic hydroxyl groups is 2. The molecule has 6 heteroatoms. The number of carbonyl (C=O) groups is 2. The summed E-state index contributed by atoms with van der Waals surface area (Å²) in [7, 11) is 0. The Kier molecular flexibility index (Phi) is 59.0. The fourth-order valence-electron chi connectivity index (χ4n) is 9.78. The second-order valence-corrected chi connectivity index (χ2v) is 21.7. The predicted molar refractivity (Wildman–Crippen MR) is 310 cm³/mol. The zero-order valence-corrected chi connectivity index (χ0v) is 47.7. The van der Waals surface area contributed by atoms with Gasteiger partial charge in [-0.15, -0.1) is 0 Å². The van der Waals surface area contributed by atoms with Crippen molar-refractivity contribution >= 4 is 11.9 Å². The van der Waals surface area contributed by atoms with E-state index in [1.54, 1.807) is 6.08 Å². The molecule has 418 valence electrons. The number of amides is 1. The predicted octanol–water partition coefficient (Wildman–Crippen LogP) is 20.0. The quantitative estimate of drug-likeness (QED) is 0.0321. The van der Waals surface area contributed by atoms with E-state index in [1.165, 1.54) is 270 Å². The van der Waals surface area contributed by atoms with E-state index < -0.39 is 12.1 Å². The van der Waals surface area contributed by atoms with Crippen LogP contribution >= 0.6 is 0 Å². The summed E-state index contributed by atoms with van der Waals surface area (Å²) in [6, 6.07) is -0.628. The largest absolute Gasteiger partial charge is 0.466 e. The number of nitrogens with one attached hydrogen (secondary N) is 1. The Morgan fingerprint density at radius 3 is 1.07 bits per heavy atom. The molecule has 0 aliphatic carbocycles. The minimum Gasteiger partial charge on any atom is -0.466 e. The third-order valence-electron chi connectivity index (χ3n) is 14.7. The van der Waals surface area contributed by atoms with Crippen LogP contribution in [-0.4, -0.2) is 47.4 Å². The van der Waals surface area contributed by atoms with Crippen molar-refractivity contribution in [1.29, 1.82) is 0 Å². The molecule has 0 aromatic rings. The standard InChI is InChI=1S/C65H123NO5/c1-3-5-7-9-11-13-15-16-34-38-41-45-49-53-57-63(68)62(61-67)66-64(69)58-54-50-46-42-39-35-32-30-28-26-24-22-20-18-17-19-21-23-25-27-29-31-33-36-40-44-48-52-56-60-71-65(70)59-55-51-47-43-37-14-12-10-8-6-4-2/h17,19,23,25,53,57,62-63,67-68H,3-16,18,20-22,24,26-52,54-56,58-61H2,1-2H3,(H,66,69)/b19-17-,25-23-,57-53+. The molecule has 0 radical (unpaired) electrons. The summed E-state index contributed by atoms with van der Waals surface area (Å²) in [6.45, 7) is 4.91. The number of rotatable bonds is 59. The third kappa shape index (κ3) is 57.2. The van der Waals surface area contributed by atoms with Gasteiger partial charge in [0.2, 0.25) is 5.91 Å². The molecule has 0 aromatic carbocycles. The fourth-order valence-corrected chi connectivity index (χ4v) is 9.78. The Balaban J connectivity index is 3.42. The van der Waals surface area contributed by atoms with Gasteiger partial charge in [0, 0.05) is 12.8 Å². The Bertz CT molecular complexity index is 1150. The molecule has 0 saturated heterocycles. The molecule has 0 fully saturated rings. The average Bonchev–Trinajstić information content (AvgIpc) is 3.37. The molecule has 0 heterocycles. The molecule has 0 aliphatic rings. The highest BCUT2D eigenvalue weighted by atomic mass is 16.5. The highest BCUT2D eigenvalue weighted by Crippen LogP contribution is 2.17. The van der Waals surface area contributed by atoms with Crippen LogP contribution in [0.1, 0.15) is 341 Å². The van der Waals surface area contributed by atoms with E-state index in [0.29, 0.717) is 19.4 Å². The molecule has 0 rings (SSSR count). The molecule has 2 unspecified atom stereocenters. The van der Waals surface area contributed by atoms with Gasteiger partial charge in [0.25, 0.3) is 0 Å². The number of carbonyl (C=O) groups excluding carboxylic acids is 2. The average molecular weight is 999 g/mol. The first kappa shape index (κ1) is 69.1. The van der Waals surface area contributed by atoms with Gasteiger partial charge < -0.3 is 20.3 Å². The SMILES string of the molecule is CCCCCCCCCCCCCC/C=C/C(O)C(CO)NC(=O)CCCCCCCCCCCCCCC/C=C\C/C=C\CCCCCCCCCCCOC(=O)CCCCCCCCCCCCC. The van der Waals surface area contributed by atoms with Crippen molar-refractivity contribution in [1.82, 2.24) is 5.32 Å². The number of ether oxygens (including phenoxy) is 1. The van der Waals surface area contributed by atoms with Gasteiger partial charge in [-0.2, -0.15) is 0 Å². The number of allylic oxidation sites excluding steroid dienone is 5. The summed E-state index contributed by atoms with van der Waals surface area (Å²) in [6.07, 6.45) is 76.3. The fraction of sp³-hybridized carbons (Fsp3) is 0.877. The molecule has 6 nitrogen and oxygen atoms in total. The molecule has 71 heavy (non-hydrogen) atoms. The maximum Gasteiger partial charge on any atom is 0.305 e. The van der Waals surface area contributed by atoms with Crippen molar-refractivity contribution < 1.29 is 24.5 Å². The molecule has 0 aliphatic heterocycles. The van der Waals surface area contributed by atoms with E-state index in [2.05, 4.69) is 43.5 Å². The Morgan fingerprint density at radius 1 is 0.394 bits per heavy atom. The van der Waals surface area contributed by atoms with Gasteiger partial charge in [0.15, 0.2) is 0 Å². The van der Waals surface area contributed by atoms with Crippen LogP contribution in [-0.2, 0) is 14.3 Å². The van der Waals surface area contributed by atoms with Gasteiger partial charge in [-0.05, 0) is 64.2 Å². The zero-order valence-electron chi connectivity index (χ0n) is 47.7. The number of hydrogen-bond donors (Lipinski definition) is 3. The summed E-state index contributed by atoms with van der Waals surface area (Å²) in [5.41, 5.74) is 0. The summed E-state index contributed by atoms with van der Waals surface area (Å²) >= 11 is 0. The lowest BCUT2D eigenvalue weighted by molar-refractivity contribution is -0.143. The first-order valence-electron chi connectivity index (χ1n) is 31.8. The first-order valence-corrected chi connectivity index (χ1v) is 31.8. The minimum atomic E-state index is -0.844. The van der Waals surface area contributed by atoms with Crippen molar-refractivity contribution in [3.8, 4) is 0 Å². The monoisotopic (exact) mass is 998 g/mol. The summed E-state index contributed by atoms with van der Waals surface area (Å²) in [5.74, 6) is -0.0567. The normalized spacial score (nSPS) is 12.8. The maximum atomic E-state index is 12.5. The Hall–Kier alpha value is -1.92. The number of unbranched alkanes of at least 4 members (excludes halogenated alkanes) is 44. The third-order valence-corrected chi connectivity index (χ3v) is 14.7.